The zero-order valence-electron chi connectivity index (χ0n) is 11.4. The lowest BCUT2D eigenvalue weighted by Crippen LogP contribution is -2.33. The first-order valence-corrected chi connectivity index (χ1v) is 8.33. The third-order valence-corrected chi connectivity index (χ3v) is 5.09. The number of sulfone groups is 1. The zero-order valence-corrected chi connectivity index (χ0v) is 12.2. The van der Waals surface area contributed by atoms with Crippen LogP contribution in [0.2, 0.25) is 0 Å². The van der Waals surface area contributed by atoms with Crippen molar-refractivity contribution in [3.8, 4) is 0 Å². The number of oxime groups is 1. The highest BCUT2D eigenvalue weighted by Crippen LogP contribution is 2.11. The van der Waals surface area contributed by atoms with Gasteiger partial charge in [0.15, 0.2) is 15.7 Å². The quantitative estimate of drug-likeness (QED) is 0.346. The fourth-order valence-electron chi connectivity index (χ4n) is 2.17. The molecule has 0 aliphatic carbocycles. The van der Waals surface area contributed by atoms with E-state index < -0.39 is 9.84 Å². The number of amides is 1. The highest BCUT2D eigenvalue weighted by Gasteiger charge is 2.23. The summed E-state index contributed by atoms with van der Waals surface area (Å²) < 4.78 is 23.1. The molecule has 3 N–H and O–H groups in total. The summed E-state index contributed by atoms with van der Waals surface area (Å²) in [5, 5.41) is 11.5. The number of hydrogen-bond donors (Lipinski definition) is 2. The molecule has 1 heterocycles. The molecule has 1 aromatic carbocycles. The van der Waals surface area contributed by atoms with E-state index in [1.54, 1.807) is 29.2 Å². The smallest absolute Gasteiger partial charge is 0.253 e. The zero-order chi connectivity index (χ0) is 15.5. The van der Waals surface area contributed by atoms with Crippen molar-refractivity contribution in [2.24, 2.45) is 10.9 Å². The van der Waals surface area contributed by atoms with Gasteiger partial charge in [-0.25, -0.2) is 8.42 Å². The number of benzene rings is 1. The maximum absolute atomic E-state index is 12.3. The molecule has 114 valence electrons. The van der Waals surface area contributed by atoms with Crippen LogP contribution in [-0.4, -0.2) is 54.9 Å². The van der Waals surface area contributed by atoms with E-state index in [4.69, 9.17) is 10.9 Å². The molecule has 1 aliphatic heterocycles. The van der Waals surface area contributed by atoms with Crippen molar-refractivity contribution in [2.45, 2.75) is 6.42 Å². The molecule has 1 fully saturated rings. The lowest BCUT2D eigenvalue weighted by atomic mass is 10.1. The van der Waals surface area contributed by atoms with Crippen LogP contribution in [0.3, 0.4) is 0 Å². The lowest BCUT2D eigenvalue weighted by molar-refractivity contribution is 0.0768. The molecule has 0 spiro atoms. The molecular formula is C13H17N3O4S. The van der Waals surface area contributed by atoms with E-state index in [2.05, 4.69) is 5.16 Å². The van der Waals surface area contributed by atoms with Gasteiger partial charge in [0.1, 0.15) is 0 Å². The Balaban J connectivity index is 2.13. The summed E-state index contributed by atoms with van der Waals surface area (Å²) in [6, 6.07) is 6.32. The molecule has 0 radical (unpaired) electrons. The summed E-state index contributed by atoms with van der Waals surface area (Å²) >= 11 is 0. The Morgan fingerprint density at radius 2 is 1.76 bits per heavy atom. The summed E-state index contributed by atoms with van der Waals surface area (Å²) in [4.78, 5) is 13.9. The van der Waals surface area contributed by atoms with Crippen molar-refractivity contribution < 1.29 is 18.4 Å². The van der Waals surface area contributed by atoms with E-state index in [0.717, 1.165) is 0 Å². The predicted octanol–water partition coefficient (Wildman–Crippen LogP) is 0.0418. The first-order valence-electron chi connectivity index (χ1n) is 6.50. The number of carbonyl (C=O) groups excluding carboxylic acids is 1. The maximum Gasteiger partial charge on any atom is 0.253 e. The molecule has 1 aromatic rings. The van der Waals surface area contributed by atoms with Crippen molar-refractivity contribution >= 4 is 21.6 Å². The third kappa shape index (κ3) is 3.72. The van der Waals surface area contributed by atoms with Gasteiger partial charge in [-0.1, -0.05) is 17.3 Å². The van der Waals surface area contributed by atoms with Crippen molar-refractivity contribution in [1.82, 2.24) is 4.90 Å². The Morgan fingerprint density at radius 3 is 2.38 bits per heavy atom. The molecule has 1 aliphatic rings. The van der Waals surface area contributed by atoms with Crippen molar-refractivity contribution in [2.75, 3.05) is 24.6 Å². The molecule has 2 rings (SSSR count). The molecule has 21 heavy (non-hydrogen) atoms. The molecule has 1 amide bonds. The van der Waals surface area contributed by atoms with E-state index in [9.17, 15) is 13.2 Å². The van der Waals surface area contributed by atoms with Gasteiger partial charge >= 0.3 is 0 Å². The SMILES string of the molecule is N/C(=N/O)c1ccc(C(=O)N2CCCS(=O)(=O)CC2)cc1. The van der Waals surface area contributed by atoms with Crippen LogP contribution in [0.4, 0.5) is 0 Å². The van der Waals surface area contributed by atoms with Crippen LogP contribution in [0, 0.1) is 0 Å². The van der Waals surface area contributed by atoms with Crippen LogP contribution >= 0.6 is 0 Å². The molecule has 8 heteroatoms. The van der Waals surface area contributed by atoms with Gasteiger partial charge in [-0.15, -0.1) is 0 Å². The third-order valence-electron chi connectivity index (χ3n) is 3.38. The van der Waals surface area contributed by atoms with Crippen LogP contribution in [0.25, 0.3) is 0 Å². The molecule has 0 unspecified atom stereocenters. The van der Waals surface area contributed by atoms with Crippen LogP contribution in [0.1, 0.15) is 22.3 Å². The maximum atomic E-state index is 12.3. The average Bonchev–Trinajstić information content (AvgIpc) is 2.66. The summed E-state index contributed by atoms with van der Waals surface area (Å²) in [6.45, 7) is 0.642. The summed E-state index contributed by atoms with van der Waals surface area (Å²) in [7, 11) is -3.04. The minimum atomic E-state index is -3.04. The molecule has 1 saturated heterocycles. The molecular weight excluding hydrogens is 294 g/mol. The Kier molecular flexibility index (Phi) is 4.46. The van der Waals surface area contributed by atoms with Crippen molar-refractivity contribution in [3.63, 3.8) is 0 Å². The molecule has 7 nitrogen and oxygen atoms in total. The summed E-state index contributed by atoms with van der Waals surface area (Å²) in [6.07, 6.45) is 0.455. The fraction of sp³-hybridized carbons (Fsp3) is 0.385. The number of carbonyl (C=O) groups is 1. The second kappa shape index (κ2) is 6.13. The van der Waals surface area contributed by atoms with Crippen molar-refractivity contribution in [3.05, 3.63) is 35.4 Å². The van der Waals surface area contributed by atoms with Gasteiger partial charge < -0.3 is 15.8 Å². The summed E-state index contributed by atoms with van der Waals surface area (Å²) in [5.74, 6) is -0.117. The van der Waals surface area contributed by atoms with Crippen LogP contribution in [0.5, 0.6) is 0 Å². The second-order valence-corrected chi connectivity index (χ2v) is 7.16. The number of rotatable bonds is 2. The highest BCUT2D eigenvalue weighted by molar-refractivity contribution is 7.91. The minimum Gasteiger partial charge on any atom is -0.409 e. The number of amidine groups is 1. The predicted molar refractivity (Wildman–Crippen MR) is 78.1 cm³/mol. The van der Waals surface area contributed by atoms with Crippen molar-refractivity contribution in [1.29, 1.82) is 0 Å². The minimum absolute atomic E-state index is 0.000934. The Morgan fingerprint density at radius 1 is 1.14 bits per heavy atom. The largest absolute Gasteiger partial charge is 0.409 e. The standard InChI is InChI=1S/C13H17N3O4S/c14-12(15-18)10-2-4-11(5-3-10)13(17)16-6-1-8-21(19,20)9-7-16/h2-5,18H,1,6-9H2,(H2,14,15). The lowest BCUT2D eigenvalue weighted by Gasteiger charge is -2.19. The van der Waals surface area contributed by atoms with E-state index in [1.807, 2.05) is 0 Å². The molecule has 0 saturated carbocycles. The number of nitrogens with two attached hydrogens (primary N) is 1. The van der Waals surface area contributed by atoms with Gasteiger partial charge in [-0.05, 0) is 18.6 Å². The van der Waals surface area contributed by atoms with Gasteiger partial charge in [-0.2, -0.15) is 0 Å². The summed E-state index contributed by atoms with van der Waals surface area (Å²) in [5.41, 5.74) is 6.41. The fourth-order valence-corrected chi connectivity index (χ4v) is 3.44. The topological polar surface area (TPSA) is 113 Å². The van der Waals surface area contributed by atoms with Crippen LogP contribution < -0.4 is 5.73 Å². The van der Waals surface area contributed by atoms with E-state index in [1.165, 1.54) is 0 Å². The van der Waals surface area contributed by atoms with Gasteiger partial charge in [-0.3, -0.25) is 4.79 Å². The van der Waals surface area contributed by atoms with Crippen LogP contribution in [-0.2, 0) is 9.84 Å². The first-order chi connectivity index (χ1) is 9.93. The Hall–Kier alpha value is -2.09. The number of nitrogens with zero attached hydrogens (tertiary/aromatic N) is 2. The van der Waals surface area contributed by atoms with E-state index in [0.29, 0.717) is 24.1 Å². The second-order valence-electron chi connectivity index (χ2n) is 4.86. The first kappa shape index (κ1) is 15.3. The molecule has 0 aromatic heterocycles. The highest BCUT2D eigenvalue weighted by atomic mass is 32.2. The molecule has 0 atom stereocenters. The van der Waals surface area contributed by atoms with Gasteiger partial charge in [0, 0.05) is 24.2 Å². The average molecular weight is 311 g/mol. The van der Waals surface area contributed by atoms with E-state index >= 15 is 0 Å². The Bertz CT molecular complexity index is 652. The van der Waals surface area contributed by atoms with Gasteiger partial charge in [0.05, 0.1) is 11.5 Å². The monoisotopic (exact) mass is 311 g/mol. The van der Waals surface area contributed by atoms with Crippen LogP contribution in [0.15, 0.2) is 29.4 Å². The van der Waals surface area contributed by atoms with E-state index in [-0.39, 0.29) is 29.8 Å². The molecule has 0 bridgehead atoms. The Labute approximate surface area is 123 Å². The van der Waals surface area contributed by atoms with Gasteiger partial charge in [0.2, 0.25) is 0 Å². The van der Waals surface area contributed by atoms with Gasteiger partial charge in [0.25, 0.3) is 5.91 Å². The normalized spacial score (nSPS) is 19.0. The number of hydrogen-bond acceptors (Lipinski definition) is 5.